The van der Waals surface area contributed by atoms with Crippen molar-refractivity contribution in [2.24, 2.45) is 15.9 Å². The Morgan fingerprint density at radius 3 is 2.43 bits per heavy atom. The van der Waals surface area contributed by atoms with Crippen molar-refractivity contribution in [2.45, 2.75) is 19.1 Å². The van der Waals surface area contributed by atoms with Crippen molar-refractivity contribution in [2.75, 3.05) is 12.8 Å². The van der Waals surface area contributed by atoms with Gasteiger partial charge < -0.3 is 0 Å². The first-order chi connectivity index (χ1) is 6.67. The summed E-state index contributed by atoms with van der Waals surface area (Å²) in [6.45, 7) is 5.18. The summed E-state index contributed by atoms with van der Waals surface area (Å²) in [6, 6.07) is 0. The molecule has 0 aliphatic carbocycles. The minimum atomic E-state index is -0.472. The Balaban J connectivity index is 0.000000500. The summed E-state index contributed by atoms with van der Waals surface area (Å²) in [7, 11) is 9.75. The van der Waals surface area contributed by atoms with Crippen LogP contribution in [0, 0.1) is 5.92 Å². The molecule has 0 aromatic heterocycles. The number of nitrogens with zero attached hydrogens (tertiary/aromatic N) is 2. The van der Waals surface area contributed by atoms with Crippen molar-refractivity contribution in [1.82, 2.24) is 0 Å². The van der Waals surface area contributed by atoms with Crippen molar-refractivity contribution >= 4 is 42.6 Å². The fourth-order valence-corrected chi connectivity index (χ4v) is 1.52. The molecule has 0 aromatic rings. The van der Waals surface area contributed by atoms with Crippen LogP contribution in [0.4, 0.5) is 0 Å². The second kappa shape index (κ2) is 9.20. The predicted octanol–water partition coefficient (Wildman–Crippen LogP) is 3.23. The number of rotatable bonds is 3. The van der Waals surface area contributed by atoms with Gasteiger partial charge in [-0.15, -0.1) is 0 Å². The van der Waals surface area contributed by atoms with Gasteiger partial charge in [0, 0.05) is 17.4 Å². The molecule has 0 amide bonds. The van der Waals surface area contributed by atoms with Crippen LogP contribution in [0.1, 0.15) is 13.8 Å². The second-order valence-electron chi connectivity index (χ2n) is 2.79. The van der Waals surface area contributed by atoms with Gasteiger partial charge in [0.1, 0.15) is 5.84 Å². The van der Waals surface area contributed by atoms with Crippen molar-refractivity contribution in [1.29, 1.82) is 0 Å². The molecule has 6 heteroatoms. The van der Waals surface area contributed by atoms with Crippen LogP contribution in [-0.2, 0) is 16.5 Å². The van der Waals surface area contributed by atoms with Gasteiger partial charge in [-0.1, -0.05) is 13.8 Å². The standard InChI is InChI=1S/C8H14N2S.2ClH.Pt/c1-6(7(2)11-3)8-9-4-5-10-8;;;/h4,6-7H,5H2,1-3H3;2*1H;/q;;;+2/p-2. The molecule has 1 aliphatic heterocycles. The summed E-state index contributed by atoms with van der Waals surface area (Å²) in [5.41, 5.74) is 0. The van der Waals surface area contributed by atoms with E-state index < -0.39 is 16.5 Å². The number of thioether (sulfide) groups is 1. The summed E-state index contributed by atoms with van der Waals surface area (Å²) >= 11 is 1.39. The van der Waals surface area contributed by atoms with Crippen LogP contribution >= 0.6 is 30.6 Å². The van der Waals surface area contributed by atoms with E-state index in [1.54, 1.807) is 0 Å². The summed E-state index contributed by atoms with van der Waals surface area (Å²) in [5, 5.41) is 0.615. The van der Waals surface area contributed by atoms with E-state index in [0.29, 0.717) is 11.2 Å². The van der Waals surface area contributed by atoms with Crippen LogP contribution in [0.3, 0.4) is 0 Å². The zero-order valence-corrected chi connectivity index (χ0v) is 12.9. The Morgan fingerprint density at radius 1 is 1.50 bits per heavy atom. The van der Waals surface area contributed by atoms with Gasteiger partial charge in [0.25, 0.3) is 0 Å². The first-order valence-corrected chi connectivity index (χ1v) is 11.0. The number of hydrogen-bond donors (Lipinski definition) is 0. The van der Waals surface area contributed by atoms with E-state index in [2.05, 4.69) is 30.1 Å². The molecule has 1 aliphatic rings. The summed E-state index contributed by atoms with van der Waals surface area (Å²) in [6.07, 6.45) is 4.00. The molecule has 14 heavy (non-hydrogen) atoms. The first-order valence-electron chi connectivity index (χ1n) is 4.09. The molecule has 86 valence electrons. The third kappa shape index (κ3) is 5.75. The Morgan fingerprint density at radius 2 is 2.07 bits per heavy atom. The molecule has 0 saturated carbocycles. The van der Waals surface area contributed by atoms with Gasteiger partial charge in [-0.2, -0.15) is 11.8 Å². The molecule has 2 nitrogen and oxygen atoms in total. The van der Waals surface area contributed by atoms with Gasteiger partial charge >= 0.3 is 35.3 Å². The number of aliphatic imine (C=N–C) groups is 2. The number of halogens is 2. The molecule has 1 heterocycles. The summed E-state index contributed by atoms with van der Waals surface area (Å²) in [5.74, 6) is 1.51. The quantitative estimate of drug-likeness (QED) is 0.667. The fraction of sp³-hybridized carbons (Fsp3) is 0.750. The second-order valence-corrected chi connectivity index (χ2v) is 7.28. The molecule has 2 unspecified atom stereocenters. The van der Waals surface area contributed by atoms with Gasteiger partial charge in [-0.3, -0.25) is 4.99 Å². The topological polar surface area (TPSA) is 24.7 Å². The Labute approximate surface area is 106 Å². The SMILES string of the molecule is CSC(C)C(C)C1=NCC=N1.[Cl][Pt][Cl]. The number of amidine groups is 1. The molecule has 1 rings (SSSR count). The van der Waals surface area contributed by atoms with Gasteiger partial charge in [-0.25, -0.2) is 4.99 Å². The average molecular weight is 436 g/mol. The van der Waals surface area contributed by atoms with Crippen LogP contribution < -0.4 is 0 Å². The number of hydrogen-bond acceptors (Lipinski definition) is 3. The third-order valence-electron chi connectivity index (χ3n) is 2.04. The summed E-state index contributed by atoms with van der Waals surface area (Å²) < 4.78 is 0. The van der Waals surface area contributed by atoms with E-state index in [4.69, 9.17) is 18.8 Å². The van der Waals surface area contributed by atoms with Crippen molar-refractivity contribution < 1.29 is 16.5 Å². The molecule has 0 radical (unpaired) electrons. The van der Waals surface area contributed by atoms with Gasteiger partial charge in [0.05, 0.1) is 6.54 Å². The molecular weight excluding hydrogens is 422 g/mol. The van der Waals surface area contributed by atoms with E-state index in [9.17, 15) is 0 Å². The van der Waals surface area contributed by atoms with Crippen molar-refractivity contribution in [3.63, 3.8) is 0 Å². The maximum atomic E-state index is 4.88. The van der Waals surface area contributed by atoms with Crippen LogP contribution in [0.25, 0.3) is 0 Å². The van der Waals surface area contributed by atoms with Gasteiger partial charge in [0.15, 0.2) is 0 Å². The normalized spacial score (nSPS) is 18.5. The molecular formula is C8H14Cl2N2PtS. The van der Waals surface area contributed by atoms with Crippen molar-refractivity contribution in [3.8, 4) is 0 Å². The van der Waals surface area contributed by atoms with E-state index >= 15 is 0 Å². The Kier molecular flexibility index (Phi) is 9.83. The molecule has 2 atom stereocenters. The van der Waals surface area contributed by atoms with Crippen LogP contribution in [0.15, 0.2) is 9.98 Å². The molecule has 0 fully saturated rings. The monoisotopic (exact) mass is 435 g/mol. The molecule has 0 N–H and O–H groups in total. The summed E-state index contributed by atoms with van der Waals surface area (Å²) in [4.78, 5) is 8.50. The van der Waals surface area contributed by atoms with Gasteiger partial charge in [0.2, 0.25) is 0 Å². The molecule has 0 bridgehead atoms. The minimum absolute atomic E-state index is 0.472. The molecule has 0 aromatic carbocycles. The van der Waals surface area contributed by atoms with E-state index in [0.717, 1.165) is 12.4 Å². The van der Waals surface area contributed by atoms with E-state index in [1.807, 2.05) is 18.0 Å². The van der Waals surface area contributed by atoms with E-state index in [1.165, 1.54) is 0 Å². The van der Waals surface area contributed by atoms with Gasteiger partial charge in [-0.05, 0) is 6.26 Å². The Bertz CT molecular complexity index is 212. The fourth-order valence-electron chi connectivity index (χ4n) is 0.985. The van der Waals surface area contributed by atoms with Crippen LogP contribution in [-0.4, -0.2) is 30.1 Å². The third-order valence-corrected chi connectivity index (χ3v) is 3.19. The van der Waals surface area contributed by atoms with E-state index in [-0.39, 0.29) is 0 Å². The van der Waals surface area contributed by atoms with Crippen LogP contribution in [0.5, 0.6) is 0 Å². The zero-order chi connectivity index (χ0) is 11.0. The molecule has 0 saturated heterocycles. The van der Waals surface area contributed by atoms with Crippen molar-refractivity contribution in [3.05, 3.63) is 0 Å². The molecule has 0 spiro atoms. The predicted molar refractivity (Wildman–Crippen MR) is 64.6 cm³/mol. The zero-order valence-electron chi connectivity index (χ0n) is 8.31. The maximum absolute atomic E-state index is 4.88. The first kappa shape index (κ1) is 15.0. The average Bonchev–Trinajstić information content (AvgIpc) is 2.69. The van der Waals surface area contributed by atoms with Crippen LogP contribution in [0.2, 0.25) is 0 Å². The Hall–Kier alpha value is 0.958.